The van der Waals surface area contributed by atoms with Crippen LogP contribution in [0.15, 0.2) is 99.9 Å². The number of aromatic nitrogens is 1. The molecule has 0 amide bonds. The highest BCUT2D eigenvalue weighted by Crippen LogP contribution is 2.32. The Balaban J connectivity index is 1.60. The molecule has 1 aliphatic heterocycles. The minimum Gasteiger partial charge on any atom is -0.463 e. The van der Waals surface area contributed by atoms with Gasteiger partial charge >= 0.3 is 5.97 Å². The van der Waals surface area contributed by atoms with E-state index in [4.69, 9.17) is 21.1 Å². The Hall–Kier alpha value is -3.94. The van der Waals surface area contributed by atoms with Gasteiger partial charge in [-0.05, 0) is 67.4 Å². The third-order valence-electron chi connectivity index (χ3n) is 5.86. The smallest absolute Gasteiger partial charge is 0.338 e. The quantitative estimate of drug-likeness (QED) is 0.319. The van der Waals surface area contributed by atoms with Gasteiger partial charge in [-0.25, -0.2) is 9.79 Å². The average molecular weight is 531 g/mol. The van der Waals surface area contributed by atoms with Gasteiger partial charge in [0.05, 0.1) is 28.5 Å². The molecule has 1 aromatic heterocycles. The van der Waals surface area contributed by atoms with E-state index >= 15 is 0 Å². The molecule has 8 heteroatoms. The van der Waals surface area contributed by atoms with E-state index in [9.17, 15) is 9.59 Å². The number of carbonyl (C=O) groups is 1. The Kier molecular flexibility index (Phi) is 7.08. The number of fused-ring (bicyclic) bond motifs is 1. The van der Waals surface area contributed by atoms with Crippen LogP contribution in [-0.2, 0) is 9.53 Å². The number of benzene rings is 3. The van der Waals surface area contributed by atoms with Crippen molar-refractivity contribution in [2.45, 2.75) is 19.9 Å². The Morgan fingerprint density at radius 1 is 1.03 bits per heavy atom. The zero-order valence-electron chi connectivity index (χ0n) is 20.2. The molecule has 0 spiro atoms. The van der Waals surface area contributed by atoms with Crippen LogP contribution >= 0.6 is 22.9 Å². The lowest BCUT2D eigenvalue weighted by Crippen LogP contribution is -2.39. The monoisotopic (exact) mass is 530 g/mol. The van der Waals surface area contributed by atoms with Crippen molar-refractivity contribution in [1.29, 1.82) is 0 Å². The molecule has 2 heterocycles. The number of rotatable bonds is 6. The topological polar surface area (TPSA) is 69.9 Å². The predicted molar refractivity (Wildman–Crippen MR) is 145 cm³/mol. The number of allylic oxidation sites excluding steroid dienone is 1. The number of hydrogen-bond donors (Lipinski definition) is 0. The molecule has 0 fully saturated rings. The third kappa shape index (κ3) is 5.14. The first-order valence-corrected chi connectivity index (χ1v) is 12.9. The molecule has 1 aliphatic rings. The Morgan fingerprint density at radius 2 is 1.68 bits per heavy atom. The Labute approximate surface area is 222 Å². The molecule has 37 heavy (non-hydrogen) atoms. The zero-order valence-corrected chi connectivity index (χ0v) is 21.8. The molecule has 6 nitrogen and oxygen atoms in total. The number of hydrogen-bond acceptors (Lipinski definition) is 6. The fourth-order valence-electron chi connectivity index (χ4n) is 4.16. The molecule has 0 bridgehead atoms. The van der Waals surface area contributed by atoms with Gasteiger partial charge in [0, 0.05) is 5.02 Å². The lowest BCUT2D eigenvalue weighted by Gasteiger charge is -2.24. The molecule has 0 N–H and O–H groups in total. The second-order valence-electron chi connectivity index (χ2n) is 8.34. The van der Waals surface area contributed by atoms with E-state index in [1.54, 1.807) is 42.7 Å². The highest BCUT2D eigenvalue weighted by molar-refractivity contribution is 7.07. The first-order valence-electron chi connectivity index (χ1n) is 11.7. The molecule has 0 saturated heterocycles. The van der Waals surface area contributed by atoms with Crippen molar-refractivity contribution in [2.75, 3.05) is 6.61 Å². The van der Waals surface area contributed by atoms with Crippen molar-refractivity contribution in [3.63, 3.8) is 0 Å². The Morgan fingerprint density at radius 3 is 2.32 bits per heavy atom. The van der Waals surface area contributed by atoms with Crippen LogP contribution in [0.2, 0.25) is 5.02 Å². The van der Waals surface area contributed by atoms with Crippen LogP contribution in [-0.4, -0.2) is 17.1 Å². The molecular formula is C29H23ClN2O4S. The van der Waals surface area contributed by atoms with Crippen LogP contribution in [0.3, 0.4) is 0 Å². The van der Waals surface area contributed by atoms with Gasteiger partial charge < -0.3 is 9.47 Å². The van der Waals surface area contributed by atoms with Crippen LogP contribution in [0.1, 0.15) is 31.0 Å². The standard InChI is InChI=1S/C29H23ClN2O4S/c1-3-35-28(34)25-18(2)31-29-32(27(33)24(37-29)17-19-7-5-4-6-8-19)26(25)20-9-13-22(14-10-20)36-23-15-11-21(30)12-16-23/h4-17,26H,3H2,1-2H3/b24-17-. The second-order valence-corrected chi connectivity index (χ2v) is 9.78. The number of nitrogens with zero attached hydrogens (tertiary/aromatic N) is 2. The summed E-state index contributed by atoms with van der Waals surface area (Å²) >= 11 is 7.26. The predicted octanol–water partition coefficient (Wildman–Crippen LogP) is 5.24. The van der Waals surface area contributed by atoms with E-state index < -0.39 is 12.0 Å². The lowest BCUT2D eigenvalue weighted by molar-refractivity contribution is -0.139. The van der Waals surface area contributed by atoms with Crippen LogP contribution in [0.25, 0.3) is 6.08 Å². The maximum absolute atomic E-state index is 13.6. The minimum atomic E-state index is -0.683. The van der Waals surface area contributed by atoms with Gasteiger partial charge in [-0.15, -0.1) is 0 Å². The van der Waals surface area contributed by atoms with Crippen molar-refractivity contribution in [3.8, 4) is 11.5 Å². The maximum atomic E-state index is 13.6. The number of halogens is 1. The summed E-state index contributed by atoms with van der Waals surface area (Å²) in [7, 11) is 0. The van der Waals surface area contributed by atoms with Gasteiger partial charge in [-0.3, -0.25) is 9.36 Å². The van der Waals surface area contributed by atoms with Gasteiger partial charge in [0.2, 0.25) is 0 Å². The van der Waals surface area contributed by atoms with Gasteiger partial charge in [-0.2, -0.15) is 0 Å². The second kappa shape index (κ2) is 10.6. The van der Waals surface area contributed by atoms with Crippen molar-refractivity contribution in [1.82, 2.24) is 4.57 Å². The number of ether oxygens (including phenoxy) is 2. The molecule has 4 aromatic rings. The number of carbonyl (C=O) groups excluding carboxylic acids is 1. The van der Waals surface area contributed by atoms with E-state index in [1.165, 1.54) is 11.3 Å². The third-order valence-corrected chi connectivity index (χ3v) is 7.09. The first kappa shape index (κ1) is 24.7. The fourth-order valence-corrected chi connectivity index (χ4v) is 5.34. The normalized spacial score (nSPS) is 15.2. The Bertz CT molecular complexity index is 1650. The van der Waals surface area contributed by atoms with Gasteiger partial charge in [0.1, 0.15) is 11.5 Å². The largest absolute Gasteiger partial charge is 0.463 e. The molecule has 186 valence electrons. The summed E-state index contributed by atoms with van der Waals surface area (Å²) in [6.45, 7) is 3.74. The summed E-state index contributed by atoms with van der Waals surface area (Å²) in [5, 5.41) is 0.625. The van der Waals surface area contributed by atoms with Crippen LogP contribution < -0.4 is 19.6 Å². The summed E-state index contributed by atoms with van der Waals surface area (Å²) < 4.78 is 13.4. The number of thiazole rings is 1. The van der Waals surface area contributed by atoms with E-state index in [1.807, 2.05) is 60.7 Å². The average Bonchev–Trinajstić information content (AvgIpc) is 3.20. The van der Waals surface area contributed by atoms with Crippen LogP contribution in [0, 0.1) is 0 Å². The fraction of sp³-hybridized carbons (Fsp3) is 0.138. The van der Waals surface area contributed by atoms with Gasteiger partial charge in [-0.1, -0.05) is 65.4 Å². The SMILES string of the molecule is CCOC(=O)C1=C(C)N=c2s/c(=C\c3ccccc3)c(=O)n2C1c1ccc(Oc2ccc(Cl)cc2)cc1. The van der Waals surface area contributed by atoms with E-state index in [0.29, 0.717) is 37.1 Å². The highest BCUT2D eigenvalue weighted by atomic mass is 35.5. The van der Waals surface area contributed by atoms with E-state index in [2.05, 4.69) is 4.99 Å². The highest BCUT2D eigenvalue weighted by Gasteiger charge is 2.33. The molecule has 3 aromatic carbocycles. The summed E-state index contributed by atoms with van der Waals surface area (Å²) in [6.07, 6.45) is 1.84. The van der Waals surface area contributed by atoms with E-state index in [-0.39, 0.29) is 12.2 Å². The van der Waals surface area contributed by atoms with Crippen LogP contribution in [0.4, 0.5) is 0 Å². The first-order chi connectivity index (χ1) is 17.9. The van der Waals surface area contributed by atoms with Crippen molar-refractivity contribution < 1.29 is 14.3 Å². The minimum absolute atomic E-state index is 0.214. The molecule has 0 saturated carbocycles. The summed E-state index contributed by atoms with van der Waals surface area (Å²) in [4.78, 5) is 31.8. The molecular weight excluding hydrogens is 508 g/mol. The van der Waals surface area contributed by atoms with Gasteiger partial charge in [0.15, 0.2) is 4.80 Å². The van der Waals surface area contributed by atoms with E-state index in [0.717, 1.165) is 11.1 Å². The molecule has 1 unspecified atom stereocenters. The van der Waals surface area contributed by atoms with Gasteiger partial charge in [0.25, 0.3) is 5.56 Å². The van der Waals surface area contributed by atoms with Crippen molar-refractivity contribution >= 4 is 35.0 Å². The van der Waals surface area contributed by atoms with Crippen molar-refractivity contribution in [3.05, 3.63) is 126 Å². The molecule has 0 aliphatic carbocycles. The lowest BCUT2D eigenvalue weighted by atomic mass is 9.96. The van der Waals surface area contributed by atoms with Crippen LogP contribution in [0.5, 0.6) is 11.5 Å². The summed E-state index contributed by atoms with van der Waals surface area (Å²) in [5.74, 6) is 0.766. The summed E-state index contributed by atoms with van der Waals surface area (Å²) in [6, 6.07) is 23.3. The van der Waals surface area contributed by atoms with Crippen molar-refractivity contribution in [2.24, 2.45) is 4.99 Å². The number of esters is 1. The summed E-state index contributed by atoms with van der Waals surface area (Å²) in [5.41, 5.74) is 2.31. The maximum Gasteiger partial charge on any atom is 0.338 e. The zero-order chi connectivity index (χ0) is 25.9. The molecule has 1 atom stereocenters. The molecule has 5 rings (SSSR count). The molecule has 0 radical (unpaired) electrons.